The number of carbonyl (C=O) groups excluding carboxylic acids is 2. The highest BCUT2D eigenvalue weighted by Crippen LogP contribution is 2.35. The number of benzene rings is 2. The fourth-order valence-electron chi connectivity index (χ4n) is 7.58. The van der Waals surface area contributed by atoms with Crippen molar-refractivity contribution in [3.63, 3.8) is 0 Å². The molecule has 2 aliphatic rings. The van der Waals surface area contributed by atoms with Gasteiger partial charge in [0, 0.05) is 75.6 Å². The van der Waals surface area contributed by atoms with Crippen LogP contribution in [0.1, 0.15) is 42.6 Å². The number of rotatable bonds is 13. The van der Waals surface area contributed by atoms with Gasteiger partial charge in [-0.25, -0.2) is 4.98 Å². The van der Waals surface area contributed by atoms with Gasteiger partial charge in [0.15, 0.2) is 0 Å². The average molecular weight is 841 g/mol. The van der Waals surface area contributed by atoms with E-state index in [1.807, 2.05) is 48.3 Å². The minimum atomic E-state index is -4.63. The smallest absolute Gasteiger partial charge is 0.405 e. The molecule has 1 saturated heterocycles. The predicted molar refractivity (Wildman–Crippen MR) is 212 cm³/mol. The highest BCUT2D eigenvalue weighted by Gasteiger charge is 2.43. The van der Waals surface area contributed by atoms with Gasteiger partial charge in [-0.2, -0.15) is 13.2 Å². The molecule has 0 saturated carbocycles. The lowest BCUT2D eigenvalue weighted by molar-refractivity contribution is -0.145. The molecule has 0 spiro atoms. The Hall–Kier alpha value is -4.58. The van der Waals surface area contributed by atoms with Crippen LogP contribution in [-0.2, 0) is 21.5 Å². The van der Waals surface area contributed by atoms with Gasteiger partial charge in [-0.1, -0.05) is 41.9 Å². The Bertz CT molecular complexity index is 2180. The van der Waals surface area contributed by atoms with Gasteiger partial charge in [0.05, 0.1) is 17.7 Å². The summed E-state index contributed by atoms with van der Waals surface area (Å²) in [6, 6.07) is 16.2. The molecule has 1 fully saturated rings. The molecule has 5 atom stereocenters. The molecule has 2 amide bonds. The first-order chi connectivity index (χ1) is 27.6. The van der Waals surface area contributed by atoms with Gasteiger partial charge in [0.1, 0.15) is 43.0 Å². The van der Waals surface area contributed by atoms with Crippen LogP contribution in [0, 0.1) is 5.92 Å². The molecule has 3 aromatic heterocycles. The minimum Gasteiger partial charge on any atom is -0.490 e. The van der Waals surface area contributed by atoms with Crippen LogP contribution in [0.4, 0.5) is 13.2 Å². The Morgan fingerprint density at radius 2 is 1.88 bits per heavy atom. The number of oxazole rings is 1. The molecule has 2 aliphatic heterocycles. The number of nitrogens with zero attached hydrogens (tertiary/aromatic N) is 4. The quantitative estimate of drug-likeness (QED) is 0.116. The zero-order valence-electron chi connectivity index (χ0n) is 31.8. The summed E-state index contributed by atoms with van der Waals surface area (Å²) in [6.45, 7) is 2.67. The molecule has 5 heterocycles. The molecule has 4 N–H and O–H groups in total. The van der Waals surface area contributed by atoms with Gasteiger partial charge in [-0.3, -0.25) is 24.4 Å². The first-order valence-corrected chi connectivity index (χ1v) is 20.1. The van der Waals surface area contributed by atoms with Gasteiger partial charge >= 0.3 is 6.18 Å². The van der Waals surface area contributed by atoms with Crippen molar-refractivity contribution < 1.29 is 42.1 Å². The third-order valence-electron chi connectivity index (χ3n) is 10.7. The van der Waals surface area contributed by atoms with Gasteiger partial charge < -0.3 is 30.0 Å². The van der Waals surface area contributed by atoms with Crippen molar-refractivity contribution >= 4 is 44.8 Å². The third kappa shape index (κ3) is 9.64. The van der Waals surface area contributed by atoms with E-state index in [2.05, 4.69) is 10.3 Å². The van der Waals surface area contributed by atoms with Crippen LogP contribution >= 0.6 is 22.9 Å². The lowest BCUT2D eigenvalue weighted by Crippen LogP contribution is -2.63. The van der Waals surface area contributed by atoms with E-state index in [0.29, 0.717) is 34.5 Å². The molecule has 12 nitrogen and oxygen atoms in total. The largest absolute Gasteiger partial charge is 0.490 e. The zero-order chi connectivity index (χ0) is 41.2. The van der Waals surface area contributed by atoms with E-state index in [1.165, 1.54) is 17.6 Å². The van der Waals surface area contributed by atoms with E-state index in [4.69, 9.17) is 25.7 Å². The number of hydrogen-bond acceptors (Lipinski definition) is 11. The van der Waals surface area contributed by atoms with Crippen LogP contribution in [-0.4, -0.2) is 106 Å². The average Bonchev–Trinajstić information content (AvgIpc) is 3.86. The number of para-hydroxylation sites is 1. The van der Waals surface area contributed by atoms with E-state index >= 15 is 0 Å². The van der Waals surface area contributed by atoms with Crippen molar-refractivity contribution in [3.8, 4) is 17.0 Å². The van der Waals surface area contributed by atoms with Crippen LogP contribution in [0.15, 0.2) is 83.7 Å². The molecule has 0 radical (unpaired) electrons. The maximum Gasteiger partial charge on any atom is 0.405 e. The monoisotopic (exact) mass is 840 g/mol. The van der Waals surface area contributed by atoms with E-state index in [1.54, 1.807) is 53.7 Å². The fraction of sp³-hybridized carbons (Fsp3) is 0.415. The first-order valence-electron chi connectivity index (χ1n) is 18.9. The minimum absolute atomic E-state index is 0.00283. The maximum atomic E-state index is 14.2. The molecule has 5 aromatic rings. The molecule has 0 bridgehead atoms. The number of carbonyl (C=O) groups is 2. The summed E-state index contributed by atoms with van der Waals surface area (Å²) >= 11 is 7.56. The molecule has 7 rings (SSSR count). The standard InChI is InChI=1S/C41H44ClF3N6O6S/c1-40(2,39-48-31(21-57-39)24-7-9-27(42)10-8-24)51-14-13-50(32(20-51)38(55)47-23-41(43,44)45)19-28(52)15-25(16-29-17-26-18-46-12-11-35(26)58-29)37(54)49-36-30-5-3-4-6-34(30)56-22-33(36)53/h3-12,17-18,21,25,28,32-33,36,52-53H,13-16,19-20,22-23H2,1-2H3,(H,47,55)(H,49,54)/t25-,28-,32-,33+,36-/m0/s1. The van der Waals surface area contributed by atoms with Crippen LogP contribution in [0.5, 0.6) is 5.75 Å². The lowest BCUT2D eigenvalue weighted by Gasteiger charge is -2.46. The van der Waals surface area contributed by atoms with Gasteiger partial charge in [-0.15, -0.1) is 11.3 Å². The number of alkyl halides is 3. The molecule has 2 aromatic carbocycles. The second-order valence-corrected chi connectivity index (χ2v) is 16.8. The summed E-state index contributed by atoms with van der Waals surface area (Å²) in [5.74, 6) is -1.13. The summed E-state index contributed by atoms with van der Waals surface area (Å²) in [4.78, 5) is 41.1. The Morgan fingerprint density at radius 1 is 1.10 bits per heavy atom. The number of ether oxygens (including phenoxy) is 1. The number of thiophene rings is 1. The molecular weight excluding hydrogens is 797 g/mol. The highest BCUT2D eigenvalue weighted by atomic mass is 35.5. The van der Waals surface area contributed by atoms with Crippen molar-refractivity contribution in [3.05, 3.63) is 101 Å². The third-order valence-corrected chi connectivity index (χ3v) is 12.1. The fourth-order valence-corrected chi connectivity index (χ4v) is 8.81. The number of amides is 2. The number of aliphatic hydroxyl groups is 2. The van der Waals surface area contributed by atoms with Gasteiger partial charge in [0.25, 0.3) is 0 Å². The second kappa shape index (κ2) is 17.3. The van der Waals surface area contributed by atoms with E-state index < -0.39 is 60.3 Å². The first kappa shape index (κ1) is 41.6. The predicted octanol–water partition coefficient (Wildman–Crippen LogP) is 5.73. The molecule has 58 heavy (non-hydrogen) atoms. The summed E-state index contributed by atoms with van der Waals surface area (Å²) in [5.41, 5.74) is 1.10. The molecule has 0 aliphatic carbocycles. The Kier molecular flexibility index (Phi) is 12.4. The number of β-amino-alcohol motifs (C(OH)–C–C–N with tert-alkyl or cyclic N) is 1. The van der Waals surface area contributed by atoms with E-state index in [-0.39, 0.29) is 39.1 Å². The Morgan fingerprint density at radius 3 is 2.64 bits per heavy atom. The molecular formula is C41H44ClF3N6O6S. The van der Waals surface area contributed by atoms with Crippen LogP contribution < -0.4 is 15.4 Å². The van der Waals surface area contributed by atoms with Gasteiger partial charge in [0.2, 0.25) is 17.7 Å². The second-order valence-electron chi connectivity index (χ2n) is 15.2. The van der Waals surface area contributed by atoms with Crippen molar-refractivity contribution in [2.45, 2.75) is 62.7 Å². The normalized spacial score (nSPS) is 20.2. The number of aromatic nitrogens is 2. The Labute approximate surface area is 342 Å². The van der Waals surface area contributed by atoms with Gasteiger partial charge in [-0.05, 0) is 57.0 Å². The van der Waals surface area contributed by atoms with Crippen LogP contribution in [0.25, 0.3) is 21.3 Å². The summed E-state index contributed by atoms with van der Waals surface area (Å²) < 4.78 is 52.5. The number of piperazine rings is 1. The lowest BCUT2D eigenvalue weighted by atomic mass is 9.92. The number of nitrogens with one attached hydrogen (secondary N) is 2. The summed E-state index contributed by atoms with van der Waals surface area (Å²) in [5, 5.41) is 29.1. The topological polar surface area (TPSA) is 153 Å². The van der Waals surface area contributed by atoms with Crippen LogP contribution in [0.3, 0.4) is 0 Å². The number of pyridine rings is 1. The zero-order valence-corrected chi connectivity index (χ0v) is 33.4. The Balaban J connectivity index is 1.09. The van der Waals surface area contributed by atoms with Crippen molar-refractivity contribution in [2.24, 2.45) is 5.92 Å². The SMILES string of the molecule is CC(C)(c1nc(-c2ccc(Cl)cc2)co1)N1CCN(C[C@@H](O)C[C@@H](Cc2cc3cnccc3s2)C(=O)N[C@H]2c3ccccc3OC[C@H]2O)[C@H](C(=O)NCC(F)(F)F)C1. The van der Waals surface area contributed by atoms with Crippen molar-refractivity contribution in [1.29, 1.82) is 0 Å². The maximum absolute atomic E-state index is 14.2. The molecule has 308 valence electrons. The number of halogens is 4. The number of fused-ring (bicyclic) bond motifs is 2. The number of hydrogen-bond donors (Lipinski definition) is 4. The van der Waals surface area contributed by atoms with Crippen LogP contribution in [0.2, 0.25) is 5.02 Å². The van der Waals surface area contributed by atoms with E-state index in [9.17, 15) is 33.0 Å². The van der Waals surface area contributed by atoms with Crippen molar-refractivity contribution in [1.82, 2.24) is 30.4 Å². The molecule has 0 unspecified atom stereocenters. The molecule has 17 heteroatoms. The summed E-state index contributed by atoms with van der Waals surface area (Å²) in [6.07, 6.45) is -1.65. The number of aliphatic hydroxyl groups excluding tert-OH is 2. The van der Waals surface area contributed by atoms with Crippen molar-refractivity contribution in [2.75, 3.05) is 39.3 Å². The summed E-state index contributed by atoms with van der Waals surface area (Å²) in [7, 11) is 0. The van der Waals surface area contributed by atoms with E-state index in [0.717, 1.165) is 20.5 Å². The highest BCUT2D eigenvalue weighted by molar-refractivity contribution is 7.19.